The summed E-state index contributed by atoms with van der Waals surface area (Å²) in [5.74, 6) is 0. The molecule has 0 aliphatic heterocycles. The van der Waals surface area contributed by atoms with Gasteiger partial charge in [0.05, 0.1) is 0 Å². The fourth-order valence-electron chi connectivity index (χ4n) is 0.258. The quantitative estimate of drug-likeness (QED) is 0.535. The van der Waals surface area contributed by atoms with Crippen LogP contribution in [0, 0.1) is 0 Å². The first-order valence-corrected chi connectivity index (χ1v) is 2.41. The Labute approximate surface area is 50.2 Å². The molecule has 0 aromatic rings. The average molecular weight is 109 g/mol. The summed E-state index contributed by atoms with van der Waals surface area (Å²) in [6, 6.07) is 0. The standard InChI is InChI=1S/C7H11N/c1-6(2)7(3)4-5-8/h4-5H,1,3,8H2,2H3/b5-4-. The largest absolute Gasteiger partial charge is 0.405 e. The van der Waals surface area contributed by atoms with Crippen LogP contribution in [0.1, 0.15) is 6.92 Å². The molecule has 1 nitrogen and oxygen atoms in total. The van der Waals surface area contributed by atoms with Gasteiger partial charge in [-0.15, -0.1) is 0 Å². The number of hydrogen-bond donors (Lipinski definition) is 1. The molecule has 0 radical (unpaired) electrons. The van der Waals surface area contributed by atoms with Crippen molar-refractivity contribution in [1.82, 2.24) is 0 Å². The lowest BCUT2D eigenvalue weighted by molar-refractivity contribution is 1.45. The molecule has 0 fully saturated rings. The van der Waals surface area contributed by atoms with Crippen molar-refractivity contribution in [2.75, 3.05) is 0 Å². The molecule has 44 valence electrons. The van der Waals surface area contributed by atoms with Gasteiger partial charge < -0.3 is 5.73 Å². The van der Waals surface area contributed by atoms with E-state index in [1.165, 1.54) is 6.20 Å². The van der Waals surface area contributed by atoms with Crippen LogP contribution in [0.3, 0.4) is 0 Å². The van der Waals surface area contributed by atoms with Crippen molar-refractivity contribution >= 4 is 0 Å². The first-order chi connectivity index (χ1) is 3.68. The third-order valence-electron chi connectivity index (χ3n) is 0.846. The van der Waals surface area contributed by atoms with Gasteiger partial charge in [0.15, 0.2) is 0 Å². The van der Waals surface area contributed by atoms with Gasteiger partial charge in [-0.3, -0.25) is 0 Å². The number of nitrogens with two attached hydrogens (primary N) is 1. The van der Waals surface area contributed by atoms with Crippen molar-refractivity contribution in [2.24, 2.45) is 5.73 Å². The molecule has 0 spiro atoms. The van der Waals surface area contributed by atoms with E-state index in [0.29, 0.717) is 0 Å². The highest BCUT2D eigenvalue weighted by Gasteiger charge is 1.83. The highest BCUT2D eigenvalue weighted by atomic mass is 14.5. The molecule has 1 heteroatoms. The molecule has 0 aliphatic carbocycles. The van der Waals surface area contributed by atoms with Crippen LogP contribution in [0.15, 0.2) is 36.6 Å². The molecule has 0 heterocycles. The summed E-state index contributed by atoms with van der Waals surface area (Å²) >= 11 is 0. The minimum atomic E-state index is 0.882. The van der Waals surface area contributed by atoms with Gasteiger partial charge in [0, 0.05) is 0 Å². The predicted molar refractivity (Wildman–Crippen MR) is 37.3 cm³/mol. The minimum Gasteiger partial charge on any atom is -0.405 e. The molecule has 0 aromatic heterocycles. The molecule has 0 rings (SSSR count). The second-order valence-electron chi connectivity index (χ2n) is 1.66. The molecular formula is C7H11N. The van der Waals surface area contributed by atoms with Crippen LogP contribution in [-0.2, 0) is 0 Å². The lowest BCUT2D eigenvalue weighted by atomic mass is 10.2. The first-order valence-electron chi connectivity index (χ1n) is 2.41. The van der Waals surface area contributed by atoms with E-state index in [9.17, 15) is 0 Å². The van der Waals surface area contributed by atoms with Crippen LogP contribution in [0.4, 0.5) is 0 Å². The Morgan fingerprint density at radius 3 is 2.12 bits per heavy atom. The van der Waals surface area contributed by atoms with Crippen LogP contribution >= 0.6 is 0 Å². The monoisotopic (exact) mass is 109 g/mol. The molecular weight excluding hydrogens is 98.1 g/mol. The van der Waals surface area contributed by atoms with Gasteiger partial charge in [-0.2, -0.15) is 0 Å². The molecule has 2 N–H and O–H groups in total. The van der Waals surface area contributed by atoms with Crippen molar-refractivity contribution in [1.29, 1.82) is 0 Å². The Bertz CT molecular complexity index is 131. The summed E-state index contributed by atoms with van der Waals surface area (Å²) in [7, 11) is 0. The van der Waals surface area contributed by atoms with E-state index in [2.05, 4.69) is 13.2 Å². The van der Waals surface area contributed by atoms with E-state index in [-0.39, 0.29) is 0 Å². The minimum absolute atomic E-state index is 0.882. The van der Waals surface area contributed by atoms with Crippen molar-refractivity contribution in [3.8, 4) is 0 Å². The van der Waals surface area contributed by atoms with Gasteiger partial charge in [0.2, 0.25) is 0 Å². The average Bonchev–Trinajstić information content (AvgIpc) is 1.67. The van der Waals surface area contributed by atoms with Crippen molar-refractivity contribution in [3.05, 3.63) is 36.6 Å². The summed E-state index contributed by atoms with van der Waals surface area (Å²) < 4.78 is 0. The molecule has 0 saturated carbocycles. The van der Waals surface area contributed by atoms with Gasteiger partial charge in [0.1, 0.15) is 0 Å². The predicted octanol–water partition coefficient (Wildman–Crippen LogP) is 1.59. The maximum Gasteiger partial charge on any atom is -0.00565 e. The molecule has 0 bridgehead atoms. The van der Waals surface area contributed by atoms with Gasteiger partial charge in [-0.25, -0.2) is 0 Å². The lowest BCUT2D eigenvalue weighted by Gasteiger charge is -1.92. The number of rotatable bonds is 2. The van der Waals surface area contributed by atoms with Crippen LogP contribution in [-0.4, -0.2) is 0 Å². The smallest absolute Gasteiger partial charge is 0.00565 e. The fraction of sp³-hybridized carbons (Fsp3) is 0.143. The van der Waals surface area contributed by atoms with Gasteiger partial charge >= 0.3 is 0 Å². The van der Waals surface area contributed by atoms with Crippen LogP contribution in [0.5, 0.6) is 0 Å². The van der Waals surface area contributed by atoms with E-state index in [1.54, 1.807) is 6.08 Å². The van der Waals surface area contributed by atoms with Crippen LogP contribution in [0.25, 0.3) is 0 Å². The normalized spacial score (nSPS) is 9.62. The molecule has 0 saturated heterocycles. The number of allylic oxidation sites excluding steroid dienone is 3. The second-order valence-corrected chi connectivity index (χ2v) is 1.66. The summed E-state index contributed by atoms with van der Waals surface area (Å²) in [5, 5.41) is 0. The van der Waals surface area contributed by atoms with Crippen molar-refractivity contribution < 1.29 is 0 Å². The zero-order valence-corrected chi connectivity index (χ0v) is 5.15. The molecule has 0 unspecified atom stereocenters. The maximum atomic E-state index is 5.08. The zero-order valence-electron chi connectivity index (χ0n) is 5.15. The highest BCUT2D eigenvalue weighted by Crippen LogP contribution is 2.02. The van der Waals surface area contributed by atoms with E-state index >= 15 is 0 Å². The molecule has 0 amide bonds. The van der Waals surface area contributed by atoms with E-state index in [4.69, 9.17) is 5.73 Å². The highest BCUT2D eigenvalue weighted by molar-refractivity contribution is 5.32. The zero-order chi connectivity index (χ0) is 6.57. The molecule has 0 aromatic carbocycles. The van der Waals surface area contributed by atoms with E-state index in [1.807, 2.05) is 6.92 Å². The number of hydrogen-bond acceptors (Lipinski definition) is 1. The Hall–Kier alpha value is -0.980. The van der Waals surface area contributed by atoms with Crippen LogP contribution in [0.2, 0.25) is 0 Å². The Balaban J connectivity index is 3.85. The SMILES string of the molecule is C=C(C)C(=C)/C=C\N. The molecule has 8 heavy (non-hydrogen) atoms. The first kappa shape index (κ1) is 7.02. The van der Waals surface area contributed by atoms with E-state index < -0.39 is 0 Å². The summed E-state index contributed by atoms with van der Waals surface area (Å²) in [6.07, 6.45) is 3.18. The second kappa shape index (κ2) is 3.08. The van der Waals surface area contributed by atoms with Gasteiger partial charge in [0.25, 0.3) is 0 Å². The fourth-order valence-corrected chi connectivity index (χ4v) is 0.258. The Kier molecular flexibility index (Phi) is 2.70. The third-order valence-corrected chi connectivity index (χ3v) is 0.846. The lowest BCUT2D eigenvalue weighted by Crippen LogP contribution is -1.79. The van der Waals surface area contributed by atoms with Gasteiger partial charge in [-0.1, -0.05) is 18.7 Å². The summed E-state index contributed by atoms with van der Waals surface area (Å²) in [4.78, 5) is 0. The third kappa shape index (κ3) is 2.24. The van der Waals surface area contributed by atoms with Crippen LogP contribution < -0.4 is 5.73 Å². The Morgan fingerprint density at radius 2 is 2.00 bits per heavy atom. The summed E-state index contributed by atoms with van der Waals surface area (Å²) in [6.45, 7) is 9.24. The Morgan fingerprint density at radius 1 is 1.50 bits per heavy atom. The molecule has 0 atom stereocenters. The maximum absolute atomic E-state index is 5.08. The van der Waals surface area contributed by atoms with Gasteiger partial charge in [-0.05, 0) is 24.8 Å². The van der Waals surface area contributed by atoms with E-state index in [0.717, 1.165) is 11.1 Å². The van der Waals surface area contributed by atoms with Crippen molar-refractivity contribution in [2.45, 2.75) is 6.92 Å². The summed E-state index contributed by atoms with van der Waals surface area (Å²) in [5.41, 5.74) is 6.92. The van der Waals surface area contributed by atoms with Crippen molar-refractivity contribution in [3.63, 3.8) is 0 Å². The topological polar surface area (TPSA) is 26.0 Å². The molecule has 0 aliphatic rings.